The Hall–Kier alpha value is -3.81. The number of hydrogen-bond donors (Lipinski definition) is 1. The number of pyridine rings is 2. The number of fused-ring (bicyclic) bond motifs is 1. The fourth-order valence-corrected chi connectivity index (χ4v) is 3.53. The molecule has 8 nitrogen and oxygen atoms in total. The van der Waals surface area contributed by atoms with Crippen molar-refractivity contribution in [3.8, 4) is 5.75 Å². The maximum Gasteiger partial charge on any atom is 0.340 e. The average Bonchev–Trinajstić information content (AvgIpc) is 3.23. The van der Waals surface area contributed by atoms with Crippen molar-refractivity contribution in [2.75, 3.05) is 7.11 Å². The molecule has 0 spiro atoms. The minimum Gasteiger partial charge on any atom is -0.467 e. The molecule has 0 saturated heterocycles. The van der Waals surface area contributed by atoms with Gasteiger partial charge in [-0.2, -0.15) is 0 Å². The van der Waals surface area contributed by atoms with Crippen molar-refractivity contribution < 1.29 is 18.7 Å². The van der Waals surface area contributed by atoms with E-state index in [4.69, 9.17) is 19.6 Å². The van der Waals surface area contributed by atoms with Crippen molar-refractivity contribution in [3.63, 3.8) is 0 Å². The van der Waals surface area contributed by atoms with Crippen LogP contribution >= 0.6 is 0 Å². The summed E-state index contributed by atoms with van der Waals surface area (Å²) < 4.78 is 17.5. The maximum absolute atomic E-state index is 13.5. The highest BCUT2D eigenvalue weighted by molar-refractivity contribution is 5.92. The van der Waals surface area contributed by atoms with Gasteiger partial charge in [0.1, 0.15) is 17.1 Å². The van der Waals surface area contributed by atoms with Crippen LogP contribution in [0.1, 0.15) is 28.5 Å². The van der Waals surface area contributed by atoms with Crippen LogP contribution in [-0.4, -0.2) is 22.6 Å². The molecule has 1 aliphatic rings. The van der Waals surface area contributed by atoms with Gasteiger partial charge in [0.2, 0.25) is 5.88 Å². The number of carbonyl (C=O) groups is 1. The van der Waals surface area contributed by atoms with Crippen LogP contribution in [0.25, 0.3) is 0 Å². The van der Waals surface area contributed by atoms with Crippen LogP contribution in [0.5, 0.6) is 5.75 Å². The van der Waals surface area contributed by atoms with Crippen LogP contribution in [0.15, 0.2) is 69.7 Å². The minimum absolute atomic E-state index is 0.0681. The van der Waals surface area contributed by atoms with Gasteiger partial charge in [0.05, 0.1) is 31.4 Å². The number of carbonyl (C=O) groups excluding carboxylic acids is 1. The van der Waals surface area contributed by atoms with Gasteiger partial charge in [0.25, 0.3) is 5.56 Å². The van der Waals surface area contributed by atoms with E-state index in [2.05, 4.69) is 4.98 Å². The molecule has 0 amide bonds. The zero-order chi connectivity index (χ0) is 20.5. The summed E-state index contributed by atoms with van der Waals surface area (Å²) in [7, 11) is 1.25. The normalized spacial score (nSPS) is 15.6. The lowest BCUT2D eigenvalue weighted by atomic mass is 9.84. The van der Waals surface area contributed by atoms with E-state index in [0.717, 1.165) is 0 Å². The highest BCUT2D eigenvalue weighted by Gasteiger charge is 2.38. The summed E-state index contributed by atoms with van der Waals surface area (Å²) in [6.45, 7) is 2.04. The third-order valence-electron chi connectivity index (χ3n) is 4.89. The van der Waals surface area contributed by atoms with E-state index in [1.807, 2.05) is 0 Å². The topological polar surface area (TPSA) is 110 Å². The second-order valence-corrected chi connectivity index (χ2v) is 6.63. The quantitative estimate of drug-likeness (QED) is 0.676. The first-order valence-corrected chi connectivity index (χ1v) is 8.93. The predicted octanol–water partition coefficient (Wildman–Crippen LogP) is 2.06. The zero-order valence-electron chi connectivity index (χ0n) is 15.9. The number of aromatic nitrogens is 2. The van der Waals surface area contributed by atoms with Crippen molar-refractivity contribution in [3.05, 3.63) is 93.4 Å². The molecular weight excluding hydrogens is 374 g/mol. The molecule has 0 aromatic carbocycles. The van der Waals surface area contributed by atoms with Crippen LogP contribution < -0.4 is 16.0 Å². The molecule has 0 saturated carbocycles. The molecule has 0 unspecified atom stereocenters. The number of ether oxygens (including phenoxy) is 2. The lowest BCUT2D eigenvalue weighted by molar-refractivity contribution is -0.136. The second kappa shape index (κ2) is 7.31. The number of esters is 1. The summed E-state index contributed by atoms with van der Waals surface area (Å²) >= 11 is 0. The summed E-state index contributed by atoms with van der Waals surface area (Å²) in [4.78, 5) is 30.1. The molecule has 148 valence electrons. The second-order valence-electron chi connectivity index (χ2n) is 6.63. The van der Waals surface area contributed by atoms with E-state index in [9.17, 15) is 9.59 Å². The first-order chi connectivity index (χ1) is 14.0. The van der Waals surface area contributed by atoms with E-state index in [1.54, 1.807) is 60.5 Å². The number of nitrogens with zero attached hydrogens (tertiary/aromatic N) is 2. The number of nitrogens with two attached hydrogens (primary N) is 1. The van der Waals surface area contributed by atoms with Gasteiger partial charge >= 0.3 is 5.97 Å². The molecule has 0 aliphatic carbocycles. The number of rotatable bonds is 4. The zero-order valence-corrected chi connectivity index (χ0v) is 15.9. The SMILES string of the molecule is COC(=O)C1=C(N)Oc2cc(C)n(Cc3ccco3)c(=O)c2[C@H]1c1cccnc1. The van der Waals surface area contributed by atoms with Crippen LogP contribution in [-0.2, 0) is 16.1 Å². The smallest absolute Gasteiger partial charge is 0.340 e. The molecule has 29 heavy (non-hydrogen) atoms. The molecule has 2 N–H and O–H groups in total. The van der Waals surface area contributed by atoms with E-state index in [1.165, 1.54) is 7.11 Å². The highest BCUT2D eigenvalue weighted by Crippen LogP contribution is 2.41. The van der Waals surface area contributed by atoms with Gasteiger partial charge in [-0.3, -0.25) is 9.78 Å². The molecule has 4 heterocycles. The van der Waals surface area contributed by atoms with Gasteiger partial charge in [-0.25, -0.2) is 4.79 Å². The lowest BCUT2D eigenvalue weighted by Gasteiger charge is -2.28. The largest absolute Gasteiger partial charge is 0.467 e. The molecule has 1 atom stereocenters. The summed E-state index contributed by atoms with van der Waals surface area (Å²) in [5, 5.41) is 0. The molecule has 0 fully saturated rings. The molecule has 3 aromatic rings. The standard InChI is InChI=1S/C21H19N3O5/c1-12-9-15-17(20(25)24(12)11-14-6-4-8-28-14)16(13-5-3-7-23-10-13)18(19(22)29-15)21(26)27-2/h3-10,16H,11,22H2,1-2H3/t16-/m1/s1. The van der Waals surface area contributed by atoms with Crippen molar-refractivity contribution in [2.45, 2.75) is 19.4 Å². The van der Waals surface area contributed by atoms with Crippen LogP contribution in [0.2, 0.25) is 0 Å². The van der Waals surface area contributed by atoms with Crippen molar-refractivity contribution in [1.82, 2.24) is 9.55 Å². The van der Waals surface area contributed by atoms with Gasteiger partial charge in [-0.05, 0) is 30.7 Å². The minimum atomic E-state index is -0.768. The van der Waals surface area contributed by atoms with Crippen LogP contribution in [0.4, 0.5) is 0 Å². The summed E-state index contributed by atoms with van der Waals surface area (Å²) in [6.07, 6.45) is 4.75. The number of aryl methyl sites for hydroxylation is 1. The fourth-order valence-electron chi connectivity index (χ4n) is 3.53. The molecule has 3 aromatic heterocycles. The van der Waals surface area contributed by atoms with Gasteiger partial charge < -0.3 is 24.2 Å². The third-order valence-corrected chi connectivity index (χ3v) is 4.89. The van der Waals surface area contributed by atoms with E-state index >= 15 is 0 Å². The highest BCUT2D eigenvalue weighted by atomic mass is 16.5. The Bertz CT molecular complexity index is 1150. The maximum atomic E-state index is 13.5. The molecule has 8 heteroatoms. The summed E-state index contributed by atoms with van der Waals surface area (Å²) in [5.74, 6) is -0.591. The van der Waals surface area contributed by atoms with Crippen molar-refractivity contribution in [2.24, 2.45) is 5.73 Å². The Kier molecular flexibility index (Phi) is 4.67. The summed E-state index contributed by atoms with van der Waals surface area (Å²) in [5.41, 5.74) is 7.42. The number of hydrogen-bond acceptors (Lipinski definition) is 7. The van der Waals surface area contributed by atoms with E-state index in [0.29, 0.717) is 28.3 Å². The Morgan fingerprint density at radius 2 is 2.17 bits per heavy atom. The monoisotopic (exact) mass is 393 g/mol. The predicted molar refractivity (Wildman–Crippen MR) is 103 cm³/mol. The van der Waals surface area contributed by atoms with Gasteiger partial charge in [-0.1, -0.05) is 6.07 Å². The molecule has 0 bridgehead atoms. The van der Waals surface area contributed by atoms with Gasteiger partial charge in [-0.15, -0.1) is 0 Å². The lowest BCUT2D eigenvalue weighted by Crippen LogP contribution is -2.35. The Morgan fingerprint density at radius 1 is 1.34 bits per heavy atom. The summed E-state index contributed by atoms with van der Waals surface area (Å²) in [6, 6.07) is 8.78. The molecular formula is C21H19N3O5. The molecule has 1 aliphatic heterocycles. The first kappa shape index (κ1) is 18.5. The number of furan rings is 1. The Morgan fingerprint density at radius 3 is 2.83 bits per heavy atom. The average molecular weight is 393 g/mol. The van der Waals surface area contributed by atoms with Gasteiger partial charge in [0, 0.05) is 24.2 Å². The third kappa shape index (κ3) is 3.18. The van der Waals surface area contributed by atoms with Crippen molar-refractivity contribution >= 4 is 5.97 Å². The Balaban J connectivity index is 1.95. The molecule has 0 radical (unpaired) electrons. The van der Waals surface area contributed by atoms with Crippen molar-refractivity contribution in [1.29, 1.82) is 0 Å². The molecule has 4 rings (SSSR count). The van der Waals surface area contributed by atoms with E-state index in [-0.39, 0.29) is 23.6 Å². The number of methoxy groups -OCH3 is 1. The van der Waals surface area contributed by atoms with Gasteiger partial charge in [0.15, 0.2) is 0 Å². The first-order valence-electron chi connectivity index (χ1n) is 8.93. The van der Waals surface area contributed by atoms with E-state index < -0.39 is 11.9 Å². The Labute approximate surface area is 166 Å². The van der Waals surface area contributed by atoms with Crippen LogP contribution in [0, 0.1) is 6.92 Å². The fraction of sp³-hybridized carbons (Fsp3) is 0.190. The van der Waals surface area contributed by atoms with Crippen LogP contribution in [0.3, 0.4) is 0 Å².